The number of hydrogen-bond acceptors (Lipinski definition) is 4. The molecule has 0 radical (unpaired) electrons. The predicted octanol–water partition coefficient (Wildman–Crippen LogP) is 4.09. The Labute approximate surface area is 150 Å². The van der Waals surface area contributed by atoms with E-state index in [9.17, 15) is 9.18 Å². The third-order valence-electron chi connectivity index (χ3n) is 3.77. The van der Waals surface area contributed by atoms with Crippen LogP contribution in [0.1, 0.15) is 15.9 Å². The molecule has 132 valence electrons. The maximum Gasteiger partial charge on any atom is 0.256 e. The molecule has 0 unspecified atom stereocenters. The highest BCUT2D eigenvalue weighted by molar-refractivity contribution is 6.03. The van der Waals surface area contributed by atoms with E-state index in [2.05, 4.69) is 15.6 Å². The summed E-state index contributed by atoms with van der Waals surface area (Å²) in [4.78, 5) is 16.4. The highest BCUT2D eigenvalue weighted by atomic mass is 19.1. The summed E-state index contributed by atoms with van der Waals surface area (Å²) in [7, 11) is 1.57. The SMILES string of the molecule is COc1ccc(C(=O)Nc2ccc(NCc3ccc(F)cc3)cn2)cc1. The quantitative estimate of drug-likeness (QED) is 0.702. The van der Waals surface area contributed by atoms with Gasteiger partial charge in [-0.15, -0.1) is 0 Å². The van der Waals surface area contributed by atoms with Crippen LogP contribution in [0.2, 0.25) is 0 Å². The second-order valence-corrected chi connectivity index (χ2v) is 5.59. The first-order valence-corrected chi connectivity index (χ1v) is 8.04. The number of rotatable bonds is 6. The Balaban J connectivity index is 1.56. The van der Waals surface area contributed by atoms with E-state index in [4.69, 9.17) is 4.74 Å². The van der Waals surface area contributed by atoms with Crippen molar-refractivity contribution in [1.29, 1.82) is 0 Å². The fourth-order valence-corrected chi connectivity index (χ4v) is 2.31. The van der Waals surface area contributed by atoms with Crippen LogP contribution in [0, 0.1) is 5.82 Å². The summed E-state index contributed by atoms with van der Waals surface area (Å²) < 4.78 is 18.0. The molecule has 0 aliphatic rings. The number of carbonyl (C=O) groups is 1. The summed E-state index contributed by atoms with van der Waals surface area (Å²) in [6, 6.07) is 16.7. The maximum atomic E-state index is 12.9. The van der Waals surface area contributed by atoms with Crippen LogP contribution in [0.15, 0.2) is 66.9 Å². The number of anilines is 2. The lowest BCUT2D eigenvalue weighted by Crippen LogP contribution is -2.12. The Bertz CT molecular complexity index is 863. The molecule has 0 saturated heterocycles. The third-order valence-corrected chi connectivity index (χ3v) is 3.77. The number of nitrogens with one attached hydrogen (secondary N) is 2. The first-order chi connectivity index (χ1) is 12.6. The molecule has 0 spiro atoms. The summed E-state index contributed by atoms with van der Waals surface area (Å²) >= 11 is 0. The molecule has 0 bridgehead atoms. The zero-order valence-corrected chi connectivity index (χ0v) is 14.2. The smallest absolute Gasteiger partial charge is 0.256 e. The van der Waals surface area contributed by atoms with Gasteiger partial charge in [0.2, 0.25) is 0 Å². The summed E-state index contributed by atoms with van der Waals surface area (Å²) in [5.41, 5.74) is 2.28. The van der Waals surface area contributed by atoms with Gasteiger partial charge in [-0.05, 0) is 54.1 Å². The molecular weight excluding hydrogens is 333 g/mol. The van der Waals surface area contributed by atoms with Gasteiger partial charge >= 0.3 is 0 Å². The molecule has 2 N–H and O–H groups in total. The minimum absolute atomic E-state index is 0.243. The van der Waals surface area contributed by atoms with Gasteiger partial charge in [0.05, 0.1) is 19.0 Å². The number of hydrogen-bond donors (Lipinski definition) is 2. The van der Waals surface area contributed by atoms with Crippen molar-refractivity contribution in [1.82, 2.24) is 4.98 Å². The molecule has 0 aliphatic carbocycles. The van der Waals surface area contributed by atoms with E-state index in [1.54, 1.807) is 55.8 Å². The Morgan fingerprint density at radius 2 is 1.77 bits per heavy atom. The van der Waals surface area contributed by atoms with Crippen molar-refractivity contribution in [3.05, 3.63) is 83.8 Å². The summed E-state index contributed by atoms with van der Waals surface area (Å²) in [6.07, 6.45) is 1.63. The van der Waals surface area contributed by atoms with E-state index in [1.165, 1.54) is 12.1 Å². The van der Waals surface area contributed by atoms with Gasteiger partial charge in [-0.3, -0.25) is 4.79 Å². The average Bonchev–Trinajstić information content (AvgIpc) is 2.68. The van der Waals surface area contributed by atoms with Crippen LogP contribution in [-0.2, 0) is 6.54 Å². The predicted molar refractivity (Wildman–Crippen MR) is 98.9 cm³/mol. The van der Waals surface area contributed by atoms with E-state index in [0.29, 0.717) is 23.7 Å². The van der Waals surface area contributed by atoms with Gasteiger partial charge < -0.3 is 15.4 Å². The molecule has 0 saturated carbocycles. The summed E-state index contributed by atoms with van der Waals surface area (Å²) in [6.45, 7) is 0.555. The van der Waals surface area contributed by atoms with Crippen molar-refractivity contribution in [2.45, 2.75) is 6.54 Å². The molecule has 5 nitrogen and oxygen atoms in total. The van der Waals surface area contributed by atoms with E-state index < -0.39 is 0 Å². The molecule has 1 heterocycles. The Morgan fingerprint density at radius 1 is 1.04 bits per heavy atom. The van der Waals surface area contributed by atoms with Gasteiger partial charge in [-0.2, -0.15) is 0 Å². The van der Waals surface area contributed by atoms with Crippen molar-refractivity contribution < 1.29 is 13.9 Å². The number of benzene rings is 2. The first-order valence-electron chi connectivity index (χ1n) is 8.04. The van der Waals surface area contributed by atoms with Crippen LogP contribution in [0.25, 0.3) is 0 Å². The van der Waals surface area contributed by atoms with Crippen LogP contribution in [0.4, 0.5) is 15.9 Å². The Kier molecular flexibility index (Phi) is 5.43. The standard InChI is InChI=1S/C20H18FN3O2/c1-26-18-9-4-15(5-10-18)20(25)24-19-11-8-17(13-23-19)22-12-14-2-6-16(21)7-3-14/h2-11,13,22H,12H2,1H3,(H,23,24,25). The summed E-state index contributed by atoms with van der Waals surface area (Å²) in [5.74, 6) is 0.647. The van der Waals surface area contributed by atoms with Gasteiger partial charge in [0, 0.05) is 12.1 Å². The highest BCUT2D eigenvalue weighted by Gasteiger charge is 2.07. The second-order valence-electron chi connectivity index (χ2n) is 5.59. The van der Waals surface area contributed by atoms with Crippen molar-refractivity contribution in [3.63, 3.8) is 0 Å². The molecule has 3 rings (SSSR count). The van der Waals surface area contributed by atoms with E-state index >= 15 is 0 Å². The topological polar surface area (TPSA) is 63.2 Å². The number of aromatic nitrogens is 1. The number of amides is 1. The summed E-state index contributed by atoms with van der Waals surface area (Å²) in [5, 5.41) is 5.94. The molecule has 1 amide bonds. The lowest BCUT2D eigenvalue weighted by molar-refractivity contribution is 0.102. The van der Waals surface area contributed by atoms with Crippen LogP contribution < -0.4 is 15.4 Å². The number of carbonyl (C=O) groups excluding carboxylic acids is 1. The number of pyridine rings is 1. The normalized spacial score (nSPS) is 10.2. The molecule has 6 heteroatoms. The van der Waals surface area contributed by atoms with E-state index in [-0.39, 0.29) is 11.7 Å². The monoisotopic (exact) mass is 351 g/mol. The van der Waals surface area contributed by atoms with Crippen LogP contribution in [-0.4, -0.2) is 18.0 Å². The molecule has 0 fully saturated rings. The molecule has 26 heavy (non-hydrogen) atoms. The van der Waals surface area contributed by atoms with Crippen molar-refractivity contribution in [3.8, 4) is 5.75 Å². The first kappa shape index (κ1) is 17.4. The molecule has 0 aliphatic heterocycles. The fourth-order valence-electron chi connectivity index (χ4n) is 2.31. The minimum atomic E-state index is -0.257. The van der Waals surface area contributed by atoms with Gasteiger partial charge in [0.25, 0.3) is 5.91 Å². The number of ether oxygens (including phenoxy) is 1. The molecular formula is C20H18FN3O2. The molecule has 0 atom stereocenters. The Hall–Kier alpha value is -3.41. The van der Waals surface area contributed by atoms with Gasteiger partial charge in [-0.1, -0.05) is 12.1 Å². The number of halogens is 1. The van der Waals surface area contributed by atoms with Gasteiger partial charge in [0.1, 0.15) is 17.4 Å². The van der Waals surface area contributed by atoms with E-state index in [1.807, 2.05) is 6.07 Å². The molecule has 2 aromatic carbocycles. The van der Waals surface area contributed by atoms with Crippen molar-refractivity contribution >= 4 is 17.4 Å². The third kappa shape index (κ3) is 4.57. The lowest BCUT2D eigenvalue weighted by Gasteiger charge is -2.08. The average molecular weight is 351 g/mol. The maximum absolute atomic E-state index is 12.9. The minimum Gasteiger partial charge on any atom is -0.497 e. The van der Waals surface area contributed by atoms with Crippen LogP contribution in [0.3, 0.4) is 0 Å². The van der Waals surface area contributed by atoms with Crippen molar-refractivity contribution in [2.75, 3.05) is 17.7 Å². The van der Waals surface area contributed by atoms with Gasteiger partial charge in [-0.25, -0.2) is 9.37 Å². The van der Waals surface area contributed by atoms with Crippen molar-refractivity contribution in [2.24, 2.45) is 0 Å². The largest absolute Gasteiger partial charge is 0.497 e. The number of nitrogens with zero attached hydrogens (tertiary/aromatic N) is 1. The van der Waals surface area contributed by atoms with Gasteiger partial charge in [0.15, 0.2) is 0 Å². The molecule has 3 aromatic rings. The lowest BCUT2D eigenvalue weighted by atomic mass is 10.2. The fraction of sp³-hybridized carbons (Fsp3) is 0.100. The van der Waals surface area contributed by atoms with Crippen LogP contribution >= 0.6 is 0 Å². The van der Waals surface area contributed by atoms with E-state index in [0.717, 1.165) is 11.3 Å². The molecule has 1 aromatic heterocycles. The second kappa shape index (κ2) is 8.11. The highest BCUT2D eigenvalue weighted by Crippen LogP contribution is 2.15. The zero-order chi connectivity index (χ0) is 18.4. The zero-order valence-electron chi connectivity index (χ0n) is 14.2. The van der Waals surface area contributed by atoms with Crippen LogP contribution in [0.5, 0.6) is 5.75 Å². The Morgan fingerprint density at radius 3 is 2.38 bits per heavy atom. The number of methoxy groups -OCH3 is 1.